The van der Waals surface area contributed by atoms with Crippen LogP contribution in [0.4, 0.5) is 0 Å². The van der Waals surface area contributed by atoms with E-state index in [2.05, 4.69) is 12.8 Å². The van der Waals surface area contributed by atoms with E-state index in [1.54, 1.807) is 0 Å². The van der Waals surface area contributed by atoms with E-state index in [1.165, 1.54) is 19.3 Å². The summed E-state index contributed by atoms with van der Waals surface area (Å²) >= 11 is 0. The van der Waals surface area contributed by atoms with Gasteiger partial charge in [0.15, 0.2) is 0 Å². The minimum atomic E-state index is -0.0869. The van der Waals surface area contributed by atoms with Crippen LogP contribution in [-0.4, -0.2) is 11.2 Å². The Balaban J connectivity index is 2.36. The van der Waals surface area contributed by atoms with Crippen LogP contribution in [-0.2, 0) is 0 Å². The molecular weight excluding hydrogens is 160 g/mol. The molecule has 1 fully saturated rings. The summed E-state index contributed by atoms with van der Waals surface area (Å²) in [6, 6.07) is 0. The van der Waals surface area contributed by atoms with Crippen LogP contribution in [0.2, 0.25) is 0 Å². The molecular formula is C12H20O. The summed E-state index contributed by atoms with van der Waals surface area (Å²) in [4.78, 5) is 0. The number of terminal acetylenes is 1. The molecule has 0 saturated heterocycles. The zero-order valence-electron chi connectivity index (χ0n) is 8.50. The lowest BCUT2D eigenvalue weighted by molar-refractivity contribution is 0.0438. The maximum atomic E-state index is 9.74. The Morgan fingerprint density at radius 2 is 2.23 bits per heavy atom. The first-order valence-electron chi connectivity index (χ1n) is 5.39. The second-order valence-electron chi connectivity index (χ2n) is 4.16. The van der Waals surface area contributed by atoms with Crippen molar-refractivity contribution in [3.63, 3.8) is 0 Å². The van der Waals surface area contributed by atoms with Gasteiger partial charge in [0.25, 0.3) is 0 Å². The van der Waals surface area contributed by atoms with E-state index in [4.69, 9.17) is 6.42 Å². The van der Waals surface area contributed by atoms with Crippen molar-refractivity contribution in [2.45, 2.75) is 51.6 Å². The highest BCUT2D eigenvalue weighted by Crippen LogP contribution is 2.33. The van der Waals surface area contributed by atoms with E-state index < -0.39 is 0 Å². The van der Waals surface area contributed by atoms with Crippen molar-refractivity contribution in [2.75, 3.05) is 0 Å². The van der Waals surface area contributed by atoms with Crippen LogP contribution in [0.25, 0.3) is 0 Å². The molecule has 0 aliphatic heterocycles. The lowest BCUT2D eigenvalue weighted by Gasteiger charge is -2.32. The summed E-state index contributed by atoms with van der Waals surface area (Å²) in [7, 11) is 0. The molecule has 0 aromatic carbocycles. The van der Waals surface area contributed by atoms with Crippen LogP contribution in [0, 0.1) is 24.2 Å². The van der Waals surface area contributed by atoms with Gasteiger partial charge < -0.3 is 5.11 Å². The minimum Gasteiger partial charge on any atom is -0.393 e. The van der Waals surface area contributed by atoms with Crippen LogP contribution >= 0.6 is 0 Å². The fraction of sp³-hybridized carbons (Fsp3) is 0.833. The first kappa shape index (κ1) is 10.6. The summed E-state index contributed by atoms with van der Waals surface area (Å²) in [5.41, 5.74) is 0. The maximum Gasteiger partial charge on any atom is 0.0568 e. The van der Waals surface area contributed by atoms with Crippen LogP contribution in [0.1, 0.15) is 45.4 Å². The average Bonchev–Trinajstić information content (AvgIpc) is 2.17. The van der Waals surface area contributed by atoms with Crippen molar-refractivity contribution in [1.82, 2.24) is 0 Å². The van der Waals surface area contributed by atoms with E-state index in [0.29, 0.717) is 5.92 Å². The highest BCUT2D eigenvalue weighted by Gasteiger charge is 2.27. The van der Waals surface area contributed by atoms with Crippen molar-refractivity contribution in [2.24, 2.45) is 11.8 Å². The molecule has 0 aromatic heterocycles. The predicted molar refractivity (Wildman–Crippen MR) is 55.2 cm³/mol. The summed E-state index contributed by atoms with van der Waals surface area (Å²) in [6.07, 6.45) is 11.6. The molecule has 0 heterocycles. The Morgan fingerprint density at radius 1 is 1.46 bits per heavy atom. The predicted octanol–water partition coefficient (Wildman–Crippen LogP) is 2.59. The third kappa shape index (κ3) is 3.04. The molecule has 1 saturated carbocycles. The largest absolute Gasteiger partial charge is 0.393 e. The molecule has 1 heteroatoms. The second kappa shape index (κ2) is 5.29. The van der Waals surface area contributed by atoms with Gasteiger partial charge in [-0.15, -0.1) is 12.3 Å². The summed E-state index contributed by atoms with van der Waals surface area (Å²) in [5, 5.41) is 9.74. The molecule has 0 spiro atoms. The Hall–Kier alpha value is -0.480. The normalized spacial score (nSPS) is 34.1. The average molecular weight is 180 g/mol. The molecule has 1 nitrogen and oxygen atoms in total. The van der Waals surface area contributed by atoms with Gasteiger partial charge in [-0.2, -0.15) is 0 Å². The van der Waals surface area contributed by atoms with Gasteiger partial charge in [-0.05, 0) is 37.5 Å². The molecule has 0 amide bonds. The summed E-state index contributed by atoms with van der Waals surface area (Å²) < 4.78 is 0. The fourth-order valence-electron chi connectivity index (χ4n) is 2.30. The van der Waals surface area contributed by atoms with E-state index in [-0.39, 0.29) is 6.10 Å². The van der Waals surface area contributed by atoms with E-state index in [0.717, 1.165) is 25.2 Å². The zero-order chi connectivity index (χ0) is 9.68. The number of hydrogen-bond acceptors (Lipinski definition) is 1. The first-order valence-corrected chi connectivity index (χ1v) is 5.39. The molecule has 1 rings (SSSR count). The molecule has 0 bridgehead atoms. The molecule has 1 aliphatic carbocycles. The molecule has 3 unspecified atom stereocenters. The third-order valence-electron chi connectivity index (χ3n) is 3.29. The van der Waals surface area contributed by atoms with Crippen LogP contribution < -0.4 is 0 Å². The van der Waals surface area contributed by atoms with E-state index in [1.807, 2.05) is 0 Å². The lowest BCUT2D eigenvalue weighted by Crippen LogP contribution is -2.28. The quantitative estimate of drug-likeness (QED) is 0.662. The fourth-order valence-corrected chi connectivity index (χ4v) is 2.30. The second-order valence-corrected chi connectivity index (χ2v) is 4.16. The Morgan fingerprint density at radius 3 is 2.85 bits per heavy atom. The van der Waals surface area contributed by atoms with Crippen molar-refractivity contribution in [3.8, 4) is 12.3 Å². The summed E-state index contributed by atoms with van der Waals surface area (Å²) in [6.45, 7) is 2.24. The third-order valence-corrected chi connectivity index (χ3v) is 3.29. The first-order chi connectivity index (χ1) is 6.27. The number of hydrogen-bond donors (Lipinski definition) is 1. The molecule has 1 aliphatic rings. The number of rotatable bonds is 3. The highest BCUT2D eigenvalue weighted by molar-refractivity contribution is 4.87. The molecule has 1 N–H and O–H groups in total. The molecule has 0 radical (unpaired) electrons. The van der Waals surface area contributed by atoms with Crippen LogP contribution in [0.5, 0.6) is 0 Å². The summed E-state index contributed by atoms with van der Waals surface area (Å²) in [5.74, 6) is 3.95. The maximum absolute atomic E-state index is 9.74. The highest BCUT2D eigenvalue weighted by atomic mass is 16.3. The minimum absolute atomic E-state index is 0.0869. The van der Waals surface area contributed by atoms with E-state index in [9.17, 15) is 5.11 Å². The lowest BCUT2D eigenvalue weighted by atomic mass is 9.76. The van der Waals surface area contributed by atoms with Crippen molar-refractivity contribution >= 4 is 0 Å². The topological polar surface area (TPSA) is 20.2 Å². The van der Waals surface area contributed by atoms with Gasteiger partial charge in [0.05, 0.1) is 6.10 Å². The van der Waals surface area contributed by atoms with Gasteiger partial charge in [0, 0.05) is 6.42 Å². The van der Waals surface area contributed by atoms with Crippen molar-refractivity contribution < 1.29 is 5.11 Å². The Kier molecular flexibility index (Phi) is 4.32. The van der Waals surface area contributed by atoms with Crippen molar-refractivity contribution in [3.05, 3.63) is 0 Å². The molecule has 3 atom stereocenters. The molecule has 74 valence electrons. The van der Waals surface area contributed by atoms with Gasteiger partial charge in [-0.1, -0.05) is 13.3 Å². The van der Waals surface area contributed by atoms with Gasteiger partial charge in [-0.3, -0.25) is 0 Å². The number of aliphatic hydroxyl groups excluding tert-OH is 1. The van der Waals surface area contributed by atoms with Gasteiger partial charge in [-0.25, -0.2) is 0 Å². The van der Waals surface area contributed by atoms with Gasteiger partial charge >= 0.3 is 0 Å². The molecule has 0 aromatic rings. The SMILES string of the molecule is C#CCCC1CC(CC)CCC1O. The van der Waals surface area contributed by atoms with E-state index >= 15 is 0 Å². The van der Waals surface area contributed by atoms with Gasteiger partial charge in [0.1, 0.15) is 0 Å². The standard InChI is InChI=1S/C12H20O/c1-3-5-6-11-9-10(4-2)7-8-12(11)13/h1,10-13H,4-9H2,2H3. The Bertz CT molecular complexity index is 180. The van der Waals surface area contributed by atoms with Crippen LogP contribution in [0.15, 0.2) is 0 Å². The van der Waals surface area contributed by atoms with Crippen molar-refractivity contribution in [1.29, 1.82) is 0 Å². The number of aliphatic hydroxyl groups is 1. The monoisotopic (exact) mass is 180 g/mol. The Labute approximate surface area is 81.5 Å². The molecule has 13 heavy (non-hydrogen) atoms. The van der Waals surface area contributed by atoms with Crippen LogP contribution in [0.3, 0.4) is 0 Å². The van der Waals surface area contributed by atoms with Gasteiger partial charge in [0.2, 0.25) is 0 Å². The smallest absolute Gasteiger partial charge is 0.0568 e. The zero-order valence-corrected chi connectivity index (χ0v) is 8.50.